The van der Waals surface area contributed by atoms with E-state index in [-0.39, 0.29) is 4.90 Å². The summed E-state index contributed by atoms with van der Waals surface area (Å²) in [6, 6.07) is 4.00. The van der Waals surface area contributed by atoms with Crippen molar-refractivity contribution in [2.75, 3.05) is 0 Å². The number of rotatable bonds is 5. The van der Waals surface area contributed by atoms with Gasteiger partial charge in [0.05, 0.1) is 10.4 Å². The number of benzene rings is 1. The van der Waals surface area contributed by atoms with E-state index in [0.717, 1.165) is 24.3 Å². The Morgan fingerprint density at radius 1 is 1.26 bits per heavy atom. The quantitative estimate of drug-likeness (QED) is 0.650. The zero-order valence-corrected chi connectivity index (χ0v) is 11.1. The number of halogens is 1. The highest BCUT2D eigenvalue weighted by Gasteiger charge is 2.36. The molecule has 0 unspecified atom stereocenters. The SMILES string of the molecule is CC(C)(NS(=O)(=O)c1ccc(F)cc1)C(=O)C(O)O. The lowest BCUT2D eigenvalue weighted by Crippen LogP contribution is -2.53. The Morgan fingerprint density at radius 2 is 1.74 bits per heavy atom. The van der Waals surface area contributed by atoms with Crippen LogP contribution in [0.5, 0.6) is 0 Å². The molecule has 0 heterocycles. The van der Waals surface area contributed by atoms with E-state index in [9.17, 15) is 17.6 Å². The van der Waals surface area contributed by atoms with Crippen molar-refractivity contribution in [3.63, 3.8) is 0 Å². The van der Waals surface area contributed by atoms with E-state index in [0.29, 0.717) is 0 Å². The molecular formula is C11H14FNO5S. The van der Waals surface area contributed by atoms with E-state index >= 15 is 0 Å². The second-order valence-electron chi connectivity index (χ2n) is 4.42. The summed E-state index contributed by atoms with van der Waals surface area (Å²) in [7, 11) is -4.07. The molecule has 1 aromatic carbocycles. The molecule has 1 aromatic rings. The second kappa shape index (κ2) is 5.33. The second-order valence-corrected chi connectivity index (χ2v) is 6.10. The molecule has 106 valence electrons. The van der Waals surface area contributed by atoms with Gasteiger partial charge in [-0.3, -0.25) is 4.79 Å². The number of Topliss-reactive ketones (excluding diaryl/α,β-unsaturated/α-hetero) is 1. The largest absolute Gasteiger partial charge is 0.362 e. The number of aliphatic hydroxyl groups excluding tert-OH is 1. The highest BCUT2D eigenvalue weighted by Crippen LogP contribution is 2.15. The normalized spacial score (nSPS) is 12.7. The van der Waals surface area contributed by atoms with E-state index in [4.69, 9.17) is 10.2 Å². The molecule has 0 aliphatic rings. The first kappa shape index (κ1) is 15.7. The molecule has 0 saturated carbocycles. The third-order valence-electron chi connectivity index (χ3n) is 2.36. The average Bonchev–Trinajstić information content (AvgIpc) is 2.27. The highest BCUT2D eigenvalue weighted by molar-refractivity contribution is 7.89. The van der Waals surface area contributed by atoms with Crippen LogP contribution in [-0.2, 0) is 14.8 Å². The molecule has 0 spiro atoms. The highest BCUT2D eigenvalue weighted by atomic mass is 32.2. The predicted molar refractivity (Wildman–Crippen MR) is 64.0 cm³/mol. The van der Waals surface area contributed by atoms with E-state index in [1.54, 1.807) is 0 Å². The third-order valence-corrected chi connectivity index (χ3v) is 4.04. The maximum atomic E-state index is 12.7. The Morgan fingerprint density at radius 3 is 2.16 bits per heavy atom. The molecule has 0 saturated heterocycles. The Kier molecular flexibility index (Phi) is 4.41. The molecule has 0 atom stereocenters. The summed E-state index contributed by atoms with van der Waals surface area (Å²) in [5.74, 6) is -1.70. The summed E-state index contributed by atoms with van der Waals surface area (Å²) < 4.78 is 38.6. The molecule has 1 rings (SSSR count). The molecule has 0 bridgehead atoms. The first-order valence-corrected chi connectivity index (χ1v) is 6.74. The zero-order valence-electron chi connectivity index (χ0n) is 10.3. The molecule has 0 aliphatic carbocycles. The van der Waals surface area contributed by atoms with Gasteiger partial charge in [-0.05, 0) is 38.1 Å². The average molecular weight is 291 g/mol. The number of carbonyl (C=O) groups is 1. The molecular weight excluding hydrogens is 277 g/mol. The topological polar surface area (TPSA) is 104 Å². The van der Waals surface area contributed by atoms with Crippen LogP contribution in [0.3, 0.4) is 0 Å². The first-order valence-electron chi connectivity index (χ1n) is 5.26. The smallest absolute Gasteiger partial charge is 0.241 e. The minimum absolute atomic E-state index is 0.234. The van der Waals surface area contributed by atoms with Gasteiger partial charge in [-0.25, -0.2) is 12.8 Å². The number of hydrogen-bond acceptors (Lipinski definition) is 5. The number of aliphatic hydroxyl groups is 2. The van der Waals surface area contributed by atoms with Gasteiger partial charge < -0.3 is 10.2 Å². The minimum atomic E-state index is -4.07. The van der Waals surface area contributed by atoms with E-state index < -0.39 is 33.5 Å². The summed E-state index contributed by atoms with van der Waals surface area (Å²) >= 11 is 0. The van der Waals surface area contributed by atoms with Crippen molar-refractivity contribution in [1.82, 2.24) is 4.72 Å². The van der Waals surface area contributed by atoms with Crippen molar-refractivity contribution in [3.8, 4) is 0 Å². The van der Waals surface area contributed by atoms with Crippen molar-refractivity contribution in [2.45, 2.75) is 30.6 Å². The Hall–Kier alpha value is -1.35. The lowest BCUT2D eigenvalue weighted by atomic mass is 10.0. The maximum absolute atomic E-state index is 12.7. The summed E-state index contributed by atoms with van der Waals surface area (Å²) in [4.78, 5) is 11.2. The van der Waals surface area contributed by atoms with E-state index in [1.165, 1.54) is 13.8 Å². The summed E-state index contributed by atoms with van der Waals surface area (Å²) in [6.07, 6.45) is -2.29. The Balaban J connectivity index is 3.03. The molecule has 0 fully saturated rings. The number of hydrogen-bond donors (Lipinski definition) is 3. The standard InChI is InChI=1S/C11H14FNO5S/c1-11(2,9(14)10(15)16)13-19(17,18)8-5-3-7(12)4-6-8/h3-6,10,13,15-16H,1-2H3. The van der Waals surface area contributed by atoms with Crippen molar-refractivity contribution < 1.29 is 27.8 Å². The van der Waals surface area contributed by atoms with Crippen molar-refractivity contribution >= 4 is 15.8 Å². The molecule has 0 aromatic heterocycles. The zero-order chi connectivity index (χ0) is 14.8. The van der Waals surface area contributed by atoms with Crippen molar-refractivity contribution in [2.24, 2.45) is 0 Å². The fourth-order valence-electron chi connectivity index (χ4n) is 1.38. The van der Waals surface area contributed by atoms with Gasteiger partial charge in [-0.15, -0.1) is 0 Å². The summed E-state index contributed by atoms with van der Waals surface area (Å²) in [6.45, 7) is 2.38. The van der Waals surface area contributed by atoms with Crippen LogP contribution in [0.15, 0.2) is 29.2 Å². The van der Waals surface area contributed by atoms with Gasteiger partial charge in [0.15, 0.2) is 0 Å². The van der Waals surface area contributed by atoms with Gasteiger partial charge >= 0.3 is 0 Å². The molecule has 6 nitrogen and oxygen atoms in total. The van der Waals surface area contributed by atoms with Crippen LogP contribution >= 0.6 is 0 Å². The number of sulfonamides is 1. The van der Waals surface area contributed by atoms with Crippen LogP contribution < -0.4 is 4.72 Å². The predicted octanol–water partition coefficient (Wildman–Crippen LogP) is -0.238. The van der Waals surface area contributed by atoms with Gasteiger partial charge in [0.1, 0.15) is 5.82 Å². The fraction of sp³-hybridized carbons (Fsp3) is 0.364. The maximum Gasteiger partial charge on any atom is 0.241 e. The third kappa shape index (κ3) is 3.80. The fourth-order valence-corrected chi connectivity index (χ4v) is 2.77. The Bertz CT molecular complexity index is 565. The molecule has 0 amide bonds. The lowest BCUT2D eigenvalue weighted by molar-refractivity contribution is -0.150. The minimum Gasteiger partial charge on any atom is -0.362 e. The number of nitrogens with one attached hydrogen (secondary N) is 1. The molecule has 0 aliphatic heterocycles. The number of carbonyl (C=O) groups excluding carboxylic acids is 1. The van der Waals surface area contributed by atoms with Crippen LogP contribution in [0.1, 0.15) is 13.8 Å². The van der Waals surface area contributed by atoms with E-state index in [2.05, 4.69) is 0 Å². The van der Waals surface area contributed by atoms with Gasteiger partial charge in [0, 0.05) is 0 Å². The van der Waals surface area contributed by atoms with Crippen LogP contribution in [-0.4, -0.2) is 36.2 Å². The number of ketones is 1. The van der Waals surface area contributed by atoms with Crippen molar-refractivity contribution in [3.05, 3.63) is 30.1 Å². The molecule has 8 heteroatoms. The van der Waals surface area contributed by atoms with Gasteiger partial charge in [0.25, 0.3) is 0 Å². The summed E-state index contributed by atoms with van der Waals surface area (Å²) in [5, 5.41) is 17.6. The van der Waals surface area contributed by atoms with E-state index in [1.807, 2.05) is 4.72 Å². The lowest BCUT2D eigenvalue weighted by Gasteiger charge is -2.25. The molecule has 19 heavy (non-hydrogen) atoms. The van der Waals surface area contributed by atoms with Crippen molar-refractivity contribution in [1.29, 1.82) is 0 Å². The summed E-state index contributed by atoms with van der Waals surface area (Å²) in [5.41, 5.74) is -1.71. The first-order chi connectivity index (χ1) is 8.56. The Labute approximate surface area is 109 Å². The van der Waals surface area contributed by atoms with Crippen LogP contribution in [0.2, 0.25) is 0 Å². The van der Waals surface area contributed by atoms with Crippen LogP contribution in [0.4, 0.5) is 4.39 Å². The van der Waals surface area contributed by atoms with Gasteiger partial charge in [0.2, 0.25) is 22.1 Å². The monoisotopic (exact) mass is 291 g/mol. The van der Waals surface area contributed by atoms with Gasteiger partial charge in [-0.2, -0.15) is 4.72 Å². The van der Waals surface area contributed by atoms with Gasteiger partial charge in [-0.1, -0.05) is 0 Å². The molecule has 0 radical (unpaired) electrons. The van der Waals surface area contributed by atoms with Crippen LogP contribution in [0.25, 0.3) is 0 Å². The molecule has 3 N–H and O–H groups in total. The van der Waals surface area contributed by atoms with Crippen LogP contribution in [0, 0.1) is 5.82 Å².